The van der Waals surface area contributed by atoms with Crippen LogP contribution in [0.25, 0.3) is 0 Å². The number of hydrogen-bond acceptors (Lipinski definition) is 4. The van der Waals surface area contributed by atoms with Crippen molar-refractivity contribution < 1.29 is 21.6 Å². The van der Waals surface area contributed by atoms with Crippen LogP contribution in [0.4, 0.5) is 13.2 Å². The second kappa shape index (κ2) is 5.69. The van der Waals surface area contributed by atoms with Crippen LogP contribution in [0.1, 0.15) is 24.0 Å². The Kier molecular flexibility index (Phi) is 4.25. The molecule has 0 saturated heterocycles. The highest BCUT2D eigenvalue weighted by Gasteiger charge is 2.36. The van der Waals surface area contributed by atoms with Crippen molar-refractivity contribution in [2.75, 3.05) is 0 Å². The number of nitrogens with two attached hydrogens (primary N) is 1. The summed E-state index contributed by atoms with van der Waals surface area (Å²) in [5.41, 5.74) is 0.809. The highest BCUT2D eigenvalue weighted by Crippen LogP contribution is 2.34. The van der Waals surface area contributed by atoms with E-state index in [1.165, 1.54) is 28.9 Å². The van der Waals surface area contributed by atoms with E-state index in [4.69, 9.17) is 5.14 Å². The fourth-order valence-corrected chi connectivity index (χ4v) is 2.19. The lowest BCUT2D eigenvalue weighted by molar-refractivity contribution is -0.146. The molecule has 1 unspecified atom stereocenters. The summed E-state index contributed by atoms with van der Waals surface area (Å²) < 4.78 is 61.2. The molecule has 0 spiro atoms. The summed E-state index contributed by atoms with van der Waals surface area (Å²) in [4.78, 5) is 0. The van der Waals surface area contributed by atoms with Gasteiger partial charge in [-0.05, 0) is 18.1 Å². The monoisotopic (exact) mass is 334 g/mol. The molecule has 2 aromatic rings. The van der Waals surface area contributed by atoms with Crippen molar-refractivity contribution in [1.82, 2.24) is 15.0 Å². The van der Waals surface area contributed by atoms with Crippen LogP contribution in [0, 0.1) is 0 Å². The zero-order valence-electron chi connectivity index (χ0n) is 11.4. The number of rotatable bonds is 4. The predicted molar refractivity (Wildman–Crippen MR) is 71.4 cm³/mol. The molecule has 120 valence electrons. The second-order valence-electron chi connectivity index (χ2n) is 4.80. The first-order valence-corrected chi connectivity index (χ1v) is 7.70. The first kappa shape index (κ1) is 16.4. The van der Waals surface area contributed by atoms with Gasteiger partial charge in [0.15, 0.2) is 0 Å². The van der Waals surface area contributed by atoms with Crippen LogP contribution in [0.15, 0.2) is 35.5 Å². The predicted octanol–water partition coefficient (Wildman–Crippen LogP) is 1.64. The zero-order chi connectivity index (χ0) is 16.5. The second-order valence-corrected chi connectivity index (χ2v) is 6.31. The molecule has 1 aromatic carbocycles. The fourth-order valence-electron chi connectivity index (χ4n) is 1.78. The Morgan fingerprint density at radius 3 is 2.32 bits per heavy atom. The third-order valence-electron chi connectivity index (χ3n) is 3.12. The van der Waals surface area contributed by atoms with Crippen molar-refractivity contribution in [3.05, 3.63) is 41.6 Å². The fraction of sp³-hybridized carbons (Fsp3) is 0.333. The maximum Gasteiger partial charge on any atom is 0.395 e. The molecule has 0 amide bonds. The molecule has 2 N–H and O–H groups in total. The van der Waals surface area contributed by atoms with E-state index in [1.807, 2.05) is 0 Å². The van der Waals surface area contributed by atoms with Gasteiger partial charge < -0.3 is 0 Å². The molecule has 0 bridgehead atoms. The molecule has 0 saturated carbocycles. The summed E-state index contributed by atoms with van der Waals surface area (Å²) in [6, 6.07) is 5.81. The Morgan fingerprint density at radius 1 is 1.27 bits per heavy atom. The number of primary sulfonamides is 1. The molecule has 0 aliphatic carbocycles. The smallest absolute Gasteiger partial charge is 0.247 e. The van der Waals surface area contributed by atoms with E-state index in [0.717, 1.165) is 13.1 Å². The number of aromatic nitrogens is 3. The number of sulfonamides is 1. The number of alkyl halides is 3. The minimum Gasteiger partial charge on any atom is -0.247 e. The molecule has 0 fully saturated rings. The normalized spacial score (nSPS) is 14.0. The van der Waals surface area contributed by atoms with E-state index in [1.54, 1.807) is 0 Å². The molecular weight excluding hydrogens is 321 g/mol. The molecule has 0 aliphatic rings. The zero-order valence-corrected chi connectivity index (χ0v) is 12.3. The molecule has 1 heterocycles. The van der Waals surface area contributed by atoms with E-state index in [9.17, 15) is 21.6 Å². The highest BCUT2D eigenvalue weighted by atomic mass is 32.2. The van der Waals surface area contributed by atoms with Gasteiger partial charge in [0.25, 0.3) is 10.0 Å². The lowest BCUT2D eigenvalue weighted by atomic mass is 9.99. The number of nitrogens with zero attached hydrogens (tertiary/aromatic N) is 3. The lowest BCUT2D eigenvalue weighted by Crippen LogP contribution is -2.17. The quantitative estimate of drug-likeness (QED) is 0.920. The minimum atomic E-state index is -4.29. The molecule has 10 heteroatoms. The van der Waals surface area contributed by atoms with Gasteiger partial charge in [0, 0.05) is 0 Å². The molecule has 22 heavy (non-hydrogen) atoms. The summed E-state index contributed by atoms with van der Waals surface area (Å²) in [5.74, 6) is -1.55. The Balaban J connectivity index is 2.13. The van der Waals surface area contributed by atoms with Crippen LogP contribution >= 0.6 is 0 Å². The van der Waals surface area contributed by atoms with Crippen molar-refractivity contribution in [2.24, 2.45) is 5.14 Å². The van der Waals surface area contributed by atoms with Gasteiger partial charge in [0.1, 0.15) is 0 Å². The van der Waals surface area contributed by atoms with E-state index in [-0.39, 0.29) is 17.1 Å². The summed E-state index contributed by atoms with van der Waals surface area (Å²) in [5, 5.41) is 11.6. The van der Waals surface area contributed by atoms with E-state index in [0.29, 0.717) is 5.56 Å². The number of halogens is 3. The minimum absolute atomic E-state index is 0.153. The topological polar surface area (TPSA) is 90.9 Å². The maximum atomic E-state index is 12.6. The van der Waals surface area contributed by atoms with E-state index >= 15 is 0 Å². The van der Waals surface area contributed by atoms with Crippen molar-refractivity contribution in [3.8, 4) is 0 Å². The van der Waals surface area contributed by atoms with Crippen molar-refractivity contribution >= 4 is 10.0 Å². The summed E-state index contributed by atoms with van der Waals surface area (Å²) >= 11 is 0. The van der Waals surface area contributed by atoms with Crippen LogP contribution in [-0.2, 0) is 16.6 Å². The Bertz CT molecular complexity index is 753. The Labute approximate surface area is 124 Å². The van der Waals surface area contributed by atoms with Gasteiger partial charge in [-0.25, -0.2) is 18.2 Å². The van der Waals surface area contributed by atoms with Crippen LogP contribution in [0.5, 0.6) is 0 Å². The van der Waals surface area contributed by atoms with Gasteiger partial charge in [-0.15, -0.1) is 5.10 Å². The van der Waals surface area contributed by atoms with E-state index in [2.05, 4.69) is 10.3 Å². The Morgan fingerprint density at radius 2 is 1.86 bits per heavy atom. The molecule has 0 aliphatic heterocycles. The first-order chi connectivity index (χ1) is 10.1. The molecule has 2 rings (SSSR count). The molecule has 6 nitrogen and oxygen atoms in total. The van der Waals surface area contributed by atoms with Gasteiger partial charge in [-0.1, -0.05) is 29.5 Å². The summed E-state index contributed by atoms with van der Waals surface area (Å²) in [7, 11) is -3.93. The Hall–Kier alpha value is -1.94. The SMILES string of the molecule is CC(c1ccc(Cn2cc(S(N)(=O)=O)nn2)cc1)C(F)(F)F. The molecular formula is C12H13F3N4O2S. The van der Waals surface area contributed by atoms with Crippen molar-refractivity contribution in [2.45, 2.75) is 30.6 Å². The standard InChI is InChI=1S/C12H13F3N4O2S/c1-8(12(13,14)15)10-4-2-9(3-5-10)6-19-7-11(17-18-19)22(16,20)21/h2-5,7-8H,6H2,1H3,(H2,16,20,21). The van der Waals surface area contributed by atoms with Crippen molar-refractivity contribution in [1.29, 1.82) is 0 Å². The average Bonchev–Trinajstić information content (AvgIpc) is 2.86. The maximum absolute atomic E-state index is 12.6. The van der Waals surface area contributed by atoms with Gasteiger partial charge in [0.2, 0.25) is 5.03 Å². The van der Waals surface area contributed by atoms with Crippen LogP contribution in [0.2, 0.25) is 0 Å². The summed E-state index contributed by atoms with van der Waals surface area (Å²) in [6.07, 6.45) is -3.14. The van der Waals surface area contributed by atoms with Gasteiger partial charge in [-0.3, -0.25) is 0 Å². The summed E-state index contributed by atoms with van der Waals surface area (Å²) in [6.45, 7) is 1.26. The van der Waals surface area contributed by atoms with Crippen LogP contribution in [0.3, 0.4) is 0 Å². The number of benzene rings is 1. The van der Waals surface area contributed by atoms with Gasteiger partial charge in [0.05, 0.1) is 18.7 Å². The third-order valence-corrected chi connectivity index (χ3v) is 3.89. The lowest BCUT2D eigenvalue weighted by Gasteiger charge is -2.16. The average molecular weight is 334 g/mol. The largest absolute Gasteiger partial charge is 0.395 e. The third kappa shape index (κ3) is 3.83. The highest BCUT2D eigenvalue weighted by molar-refractivity contribution is 7.89. The molecule has 0 radical (unpaired) electrons. The van der Waals surface area contributed by atoms with E-state index < -0.39 is 22.1 Å². The molecule has 1 atom stereocenters. The number of hydrogen-bond donors (Lipinski definition) is 1. The van der Waals surface area contributed by atoms with Crippen molar-refractivity contribution in [3.63, 3.8) is 0 Å². The van der Waals surface area contributed by atoms with Crippen LogP contribution in [-0.4, -0.2) is 29.6 Å². The van der Waals surface area contributed by atoms with Gasteiger partial charge >= 0.3 is 6.18 Å². The first-order valence-electron chi connectivity index (χ1n) is 6.16. The van der Waals surface area contributed by atoms with Gasteiger partial charge in [-0.2, -0.15) is 13.2 Å². The molecule has 1 aromatic heterocycles. The van der Waals surface area contributed by atoms with Crippen LogP contribution < -0.4 is 5.14 Å².